The highest BCUT2D eigenvalue weighted by atomic mass is 16.6. The van der Waals surface area contributed by atoms with E-state index in [0.717, 1.165) is 0 Å². The maximum Gasteiger partial charge on any atom is 0.270 e. The fourth-order valence-corrected chi connectivity index (χ4v) is 1.93. The van der Waals surface area contributed by atoms with Crippen molar-refractivity contribution in [2.24, 2.45) is 0 Å². The van der Waals surface area contributed by atoms with Gasteiger partial charge in [0.15, 0.2) is 11.5 Å². The predicted octanol–water partition coefficient (Wildman–Crippen LogP) is 3.37. The lowest BCUT2D eigenvalue weighted by molar-refractivity contribution is -0.384. The van der Waals surface area contributed by atoms with Crippen molar-refractivity contribution < 1.29 is 14.8 Å². The molecule has 0 aliphatic carbocycles. The Morgan fingerprint density at radius 2 is 2.14 bits per heavy atom. The van der Waals surface area contributed by atoms with E-state index < -0.39 is 4.92 Å². The number of non-ortho nitro benzene ring substituents is 1. The van der Waals surface area contributed by atoms with E-state index in [4.69, 9.17) is 4.74 Å². The molecule has 22 heavy (non-hydrogen) atoms. The lowest BCUT2D eigenvalue weighted by atomic mass is 10.0. The van der Waals surface area contributed by atoms with Crippen LogP contribution in [-0.2, 0) is 0 Å². The van der Waals surface area contributed by atoms with Crippen molar-refractivity contribution in [1.29, 1.82) is 5.26 Å². The minimum absolute atomic E-state index is 0.0485. The van der Waals surface area contributed by atoms with Gasteiger partial charge in [-0.3, -0.25) is 10.1 Å². The number of hydrogen-bond donors (Lipinski definition) is 1. The first-order chi connectivity index (χ1) is 10.5. The summed E-state index contributed by atoms with van der Waals surface area (Å²) < 4.78 is 4.95. The highest BCUT2D eigenvalue weighted by Gasteiger charge is 2.09. The average Bonchev–Trinajstić information content (AvgIpc) is 2.52. The van der Waals surface area contributed by atoms with Crippen LogP contribution in [0, 0.1) is 21.4 Å². The molecule has 0 fully saturated rings. The number of nitro groups is 1. The molecule has 110 valence electrons. The van der Waals surface area contributed by atoms with Crippen LogP contribution in [0.3, 0.4) is 0 Å². The first-order valence-electron chi connectivity index (χ1n) is 6.29. The number of nitrogens with zero attached hydrogens (tertiary/aromatic N) is 2. The standard InChI is InChI=1S/C16H12N2O4/c1-22-16-6-5-11(8-15(16)19)7-13(10-17)12-3-2-4-14(9-12)18(20)21/h2-9,19H,1H3. The molecule has 0 aromatic heterocycles. The van der Waals surface area contributed by atoms with Crippen molar-refractivity contribution in [2.45, 2.75) is 0 Å². The van der Waals surface area contributed by atoms with E-state index >= 15 is 0 Å². The van der Waals surface area contributed by atoms with E-state index in [2.05, 4.69) is 0 Å². The zero-order chi connectivity index (χ0) is 16.1. The largest absolute Gasteiger partial charge is 0.504 e. The smallest absolute Gasteiger partial charge is 0.270 e. The monoisotopic (exact) mass is 296 g/mol. The molecular weight excluding hydrogens is 284 g/mol. The minimum atomic E-state index is -0.516. The molecule has 0 radical (unpaired) electrons. The molecule has 0 spiro atoms. The molecule has 0 unspecified atom stereocenters. The molecule has 0 bridgehead atoms. The molecule has 2 aromatic rings. The van der Waals surface area contributed by atoms with Crippen LogP contribution in [0.4, 0.5) is 5.69 Å². The summed E-state index contributed by atoms with van der Waals surface area (Å²) in [6.45, 7) is 0. The second-order valence-electron chi connectivity index (χ2n) is 4.41. The summed E-state index contributed by atoms with van der Waals surface area (Å²) in [7, 11) is 1.44. The average molecular weight is 296 g/mol. The molecule has 0 amide bonds. The van der Waals surface area contributed by atoms with E-state index in [0.29, 0.717) is 16.9 Å². The molecule has 0 heterocycles. The fourth-order valence-electron chi connectivity index (χ4n) is 1.93. The summed E-state index contributed by atoms with van der Waals surface area (Å²) in [4.78, 5) is 10.3. The van der Waals surface area contributed by atoms with Crippen LogP contribution in [-0.4, -0.2) is 17.1 Å². The third kappa shape index (κ3) is 3.22. The fraction of sp³-hybridized carbons (Fsp3) is 0.0625. The van der Waals surface area contributed by atoms with Crippen molar-refractivity contribution in [3.8, 4) is 17.6 Å². The lowest BCUT2D eigenvalue weighted by Gasteiger charge is -2.04. The number of methoxy groups -OCH3 is 1. The molecule has 0 aliphatic rings. The van der Waals surface area contributed by atoms with E-state index in [1.165, 1.54) is 37.5 Å². The van der Waals surface area contributed by atoms with Crippen molar-refractivity contribution in [2.75, 3.05) is 7.11 Å². The Morgan fingerprint density at radius 1 is 1.36 bits per heavy atom. The zero-order valence-corrected chi connectivity index (χ0v) is 11.7. The SMILES string of the molecule is COc1ccc(C=C(C#N)c2cccc([N+](=O)[O-])c2)cc1O. The number of phenols is 1. The number of ether oxygens (including phenoxy) is 1. The van der Waals surface area contributed by atoms with Gasteiger partial charge in [0.2, 0.25) is 0 Å². The third-order valence-electron chi connectivity index (χ3n) is 3.00. The molecule has 0 saturated carbocycles. The second-order valence-corrected chi connectivity index (χ2v) is 4.41. The lowest BCUT2D eigenvalue weighted by Crippen LogP contribution is -1.90. The van der Waals surface area contributed by atoms with Gasteiger partial charge >= 0.3 is 0 Å². The van der Waals surface area contributed by atoms with Gasteiger partial charge in [0.1, 0.15) is 0 Å². The van der Waals surface area contributed by atoms with Gasteiger partial charge in [0.05, 0.1) is 23.7 Å². The Kier molecular flexibility index (Phi) is 4.39. The summed E-state index contributed by atoms with van der Waals surface area (Å²) in [5.41, 5.74) is 1.19. The third-order valence-corrected chi connectivity index (χ3v) is 3.00. The van der Waals surface area contributed by atoms with Gasteiger partial charge in [-0.05, 0) is 29.3 Å². The number of allylic oxidation sites excluding steroid dienone is 1. The predicted molar refractivity (Wildman–Crippen MR) is 81.2 cm³/mol. The Morgan fingerprint density at radius 3 is 2.73 bits per heavy atom. The summed E-state index contributed by atoms with van der Waals surface area (Å²) in [6.07, 6.45) is 1.54. The van der Waals surface area contributed by atoms with Gasteiger partial charge in [-0.2, -0.15) is 5.26 Å². The number of aromatic hydroxyl groups is 1. The van der Waals surface area contributed by atoms with Crippen LogP contribution in [0.2, 0.25) is 0 Å². The maximum atomic E-state index is 10.8. The van der Waals surface area contributed by atoms with Crippen LogP contribution in [0.25, 0.3) is 11.6 Å². The van der Waals surface area contributed by atoms with Gasteiger partial charge in [-0.25, -0.2) is 0 Å². The van der Waals surface area contributed by atoms with Crippen molar-refractivity contribution in [3.05, 3.63) is 63.7 Å². The van der Waals surface area contributed by atoms with Crippen LogP contribution in [0.15, 0.2) is 42.5 Å². The number of phenolic OH excluding ortho intramolecular Hbond substituents is 1. The topological polar surface area (TPSA) is 96.4 Å². The second kappa shape index (κ2) is 6.41. The Labute approximate surface area is 126 Å². The normalized spacial score (nSPS) is 10.8. The van der Waals surface area contributed by atoms with Crippen molar-refractivity contribution in [1.82, 2.24) is 0 Å². The number of benzene rings is 2. The van der Waals surface area contributed by atoms with Crippen LogP contribution < -0.4 is 4.74 Å². The summed E-state index contributed by atoms with van der Waals surface area (Å²) in [5, 5.41) is 29.8. The van der Waals surface area contributed by atoms with Gasteiger partial charge in [-0.15, -0.1) is 0 Å². The summed E-state index contributed by atoms with van der Waals surface area (Å²) >= 11 is 0. The van der Waals surface area contributed by atoms with Crippen LogP contribution >= 0.6 is 0 Å². The van der Waals surface area contributed by atoms with E-state index in [1.54, 1.807) is 18.2 Å². The Bertz CT molecular complexity index is 791. The number of nitriles is 1. The minimum Gasteiger partial charge on any atom is -0.504 e. The molecule has 6 heteroatoms. The molecule has 0 aliphatic heterocycles. The maximum absolute atomic E-state index is 10.8. The number of hydrogen-bond acceptors (Lipinski definition) is 5. The molecule has 6 nitrogen and oxygen atoms in total. The molecule has 2 rings (SSSR count). The van der Waals surface area contributed by atoms with Gasteiger partial charge in [-0.1, -0.05) is 18.2 Å². The van der Waals surface area contributed by atoms with Gasteiger partial charge in [0, 0.05) is 12.1 Å². The molecule has 1 N–H and O–H groups in total. The molecule has 0 atom stereocenters. The van der Waals surface area contributed by atoms with Gasteiger partial charge in [0.25, 0.3) is 5.69 Å². The Balaban J connectivity index is 2.44. The first-order valence-corrected chi connectivity index (χ1v) is 6.29. The molecule has 2 aromatic carbocycles. The van der Waals surface area contributed by atoms with Crippen LogP contribution in [0.5, 0.6) is 11.5 Å². The van der Waals surface area contributed by atoms with Crippen molar-refractivity contribution >= 4 is 17.3 Å². The van der Waals surface area contributed by atoms with Crippen molar-refractivity contribution in [3.63, 3.8) is 0 Å². The van der Waals surface area contributed by atoms with Gasteiger partial charge < -0.3 is 9.84 Å². The molecule has 0 saturated heterocycles. The van der Waals surface area contributed by atoms with Crippen LogP contribution in [0.1, 0.15) is 11.1 Å². The quantitative estimate of drug-likeness (QED) is 0.404. The van der Waals surface area contributed by atoms with E-state index in [9.17, 15) is 20.5 Å². The molecular formula is C16H12N2O4. The zero-order valence-electron chi connectivity index (χ0n) is 11.7. The first kappa shape index (κ1) is 15.1. The summed E-state index contributed by atoms with van der Waals surface area (Å²) in [5.74, 6) is 0.276. The highest BCUT2D eigenvalue weighted by Crippen LogP contribution is 2.28. The number of rotatable bonds is 4. The highest BCUT2D eigenvalue weighted by molar-refractivity contribution is 5.90. The van der Waals surface area contributed by atoms with E-state index in [-0.39, 0.29) is 17.0 Å². The van der Waals surface area contributed by atoms with E-state index in [1.807, 2.05) is 6.07 Å². The Hall–Kier alpha value is -3.33. The summed E-state index contributed by atoms with van der Waals surface area (Å²) in [6, 6.07) is 12.5. The number of nitro benzene ring substituents is 1.